The lowest BCUT2D eigenvalue weighted by Crippen LogP contribution is -2.48. The predicted molar refractivity (Wildman–Crippen MR) is 139 cm³/mol. The minimum Gasteiger partial charge on any atom is -0.497 e. The lowest BCUT2D eigenvalue weighted by molar-refractivity contribution is 0.0526. The number of ether oxygens (including phenoxy) is 2. The zero-order valence-electron chi connectivity index (χ0n) is 20.6. The summed E-state index contributed by atoms with van der Waals surface area (Å²) in [6.45, 7) is 6.84. The quantitative estimate of drug-likeness (QED) is 0.378. The van der Waals surface area contributed by atoms with E-state index in [0.717, 1.165) is 46.9 Å². The SMILES string of the molecule is CCOC(=O)c1cnc(-c2ccc(OC)cc2)nc1N1CCN(c2nc3ccccc3nc2C)CC1. The molecule has 0 bridgehead atoms. The fraction of sp³-hybridized carbons (Fsp3) is 0.296. The summed E-state index contributed by atoms with van der Waals surface area (Å²) in [5.41, 5.74) is 3.88. The Bertz CT molecular complexity index is 1380. The zero-order chi connectivity index (χ0) is 25.1. The number of rotatable bonds is 6. The van der Waals surface area contributed by atoms with E-state index in [-0.39, 0.29) is 6.61 Å². The van der Waals surface area contributed by atoms with Gasteiger partial charge in [-0.3, -0.25) is 0 Å². The molecule has 0 unspecified atom stereocenters. The molecule has 1 saturated heterocycles. The van der Waals surface area contributed by atoms with Crippen molar-refractivity contribution in [1.82, 2.24) is 19.9 Å². The average molecular weight is 485 g/mol. The van der Waals surface area contributed by atoms with E-state index in [1.54, 1.807) is 20.2 Å². The van der Waals surface area contributed by atoms with Gasteiger partial charge in [0.1, 0.15) is 17.1 Å². The van der Waals surface area contributed by atoms with Crippen LogP contribution in [0.4, 0.5) is 11.6 Å². The molecule has 0 spiro atoms. The fourth-order valence-electron chi connectivity index (χ4n) is 4.35. The van der Waals surface area contributed by atoms with E-state index in [4.69, 9.17) is 24.4 Å². The van der Waals surface area contributed by atoms with Crippen LogP contribution in [0.1, 0.15) is 23.0 Å². The second kappa shape index (κ2) is 10.2. The van der Waals surface area contributed by atoms with Crippen molar-refractivity contribution in [3.05, 3.63) is 66.0 Å². The van der Waals surface area contributed by atoms with Crippen molar-refractivity contribution in [2.75, 3.05) is 49.7 Å². The van der Waals surface area contributed by atoms with Crippen LogP contribution in [0.2, 0.25) is 0 Å². The normalized spacial score (nSPS) is 13.6. The Labute approximate surface area is 209 Å². The number of carbonyl (C=O) groups is 1. The van der Waals surface area contributed by atoms with Gasteiger partial charge in [0.05, 0.1) is 30.4 Å². The van der Waals surface area contributed by atoms with Crippen molar-refractivity contribution in [2.24, 2.45) is 0 Å². The number of esters is 1. The van der Waals surface area contributed by atoms with Gasteiger partial charge < -0.3 is 19.3 Å². The number of hydrogen-bond donors (Lipinski definition) is 0. The third-order valence-corrected chi connectivity index (χ3v) is 6.21. The molecule has 2 aromatic heterocycles. The number of methoxy groups -OCH3 is 1. The van der Waals surface area contributed by atoms with Gasteiger partial charge in [-0.05, 0) is 50.2 Å². The van der Waals surface area contributed by atoms with Crippen LogP contribution < -0.4 is 14.5 Å². The molecule has 0 aliphatic carbocycles. The van der Waals surface area contributed by atoms with Gasteiger partial charge in [0.2, 0.25) is 0 Å². The minimum absolute atomic E-state index is 0.284. The zero-order valence-corrected chi connectivity index (χ0v) is 20.6. The van der Waals surface area contributed by atoms with E-state index in [2.05, 4.69) is 14.8 Å². The van der Waals surface area contributed by atoms with Crippen molar-refractivity contribution >= 4 is 28.6 Å². The Morgan fingerprint density at radius 3 is 2.17 bits per heavy atom. The van der Waals surface area contributed by atoms with Crippen molar-refractivity contribution in [3.8, 4) is 17.1 Å². The summed E-state index contributed by atoms with van der Waals surface area (Å²) < 4.78 is 10.5. The number of nitrogens with zero attached hydrogens (tertiary/aromatic N) is 6. The number of carbonyl (C=O) groups excluding carboxylic acids is 1. The maximum atomic E-state index is 12.7. The second-order valence-corrected chi connectivity index (χ2v) is 8.48. The first-order valence-electron chi connectivity index (χ1n) is 12.0. The molecule has 1 aliphatic rings. The largest absolute Gasteiger partial charge is 0.497 e. The highest BCUT2D eigenvalue weighted by atomic mass is 16.5. The van der Waals surface area contributed by atoms with Crippen LogP contribution in [0.5, 0.6) is 5.75 Å². The van der Waals surface area contributed by atoms with Gasteiger partial charge in [-0.15, -0.1) is 0 Å². The molecular formula is C27H28N6O3. The van der Waals surface area contributed by atoms with Gasteiger partial charge >= 0.3 is 5.97 Å². The maximum Gasteiger partial charge on any atom is 0.343 e. The van der Waals surface area contributed by atoms with Crippen LogP contribution in [-0.2, 0) is 4.74 Å². The standard InChI is InChI=1S/C27H28N6O3/c1-4-36-27(34)21-17-28-24(19-9-11-20(35-3)12-10-19)31-26(21)33-15-13-32(14-16-33)25-18(2)29-22-7-5-6-8-23(22)30-25/h5-12,17H,4,13-16H2,1-3H3. The van der Waals surface area contributed by atoms with Gasteiger partial charge in [-0.2, -0.15) is 0 Å². The summed E-state index contributed by atoms with van der Waals surface area (Å²) in [5, 5.41) is 0. The third-order valence-electron chi connectivity index (χ3n) is 6.21. The molecule has 0 atom stereocenters. The van der Waals surface area contributed by atoms with Crippen molar-refractivity contribution < 1.29 is 14.3 Å². The highest BCUT2D eigenvalue weighted by Gasteiger charge is 2.26. The van der Waals surface area contributed by atoms with E-state index >= 15 is 0 Å². The summed E-state index contributed by atoms with van der Waals surface area (Å²) in [6.07, 6.45) is 1.56. The number of fused-ring (bicyclic) bond motifs is 1. The number of piperazine rings is 1. The number of benzene rings is 2. The van der Waals surface area contributed by atoms with Crippen molar-refractivity contribution in [1.29, 1.82) is 0 Å². The molecule has 4 aromatic rings. The van der Waals surface area contributed by atoms with E-state index in [1.807, 2.05) is 55.5 Å². The summed E-state index contributed by atoms with van der Waals surface area (Å²) in [7, 11) is 1.63. The summed E-state index contributed by atoms with van der Waals surface area (Å²) in [5.74, 6) is 2.34. The minimum atomic E-state index is -0.424. The molecule has 0 saturated carbocycles. The van der Waals surface area contributed by atoms with Gasteiger partial charge in [0.25, 0.3) is 0 Å². The van der Waals surface area contributed by atoms with Crippen LogP contribution in [-0.4, -0.2) is 65.8 Å². The highest BCUT2D eigenvalue weighted by Crippen LogP contribution is 2.27. The molecular weight excluding hydrogens is 456 g/mol. The molecule has 9 nitrogen and oxygen atoms in total. The third kappa shape index (κ3) is 4.64. The molecule has 2 aromatic carbocycles. The lowest BCUT2D eigenvalue weighted by atomic mass is 10.2. The van der Waals surface area contributed by atoms with E-state index < -0.39 is 5.97 Å². The van der Waals surface area contributed by atoms with Crippen LogP contribution >= 0.6 is 0 Å². The van der Waals surface area contributed by atoms with Crippen molar-refractivity contribution in [3.63, 3.8) is 0 Å². The predicted octanol–water partition coefficient (Wildman–Crippen LogP) is 3.91. The Morgan fingerprint density at radius 1 is 0.889 bits per heavy atom. The Morgan fingerprint density at radius 2 is 1.53 bits per heavy atom. The molecule has 0 N–H and O–H groups in total. The van der Waals surface area contributed by atoms with Gasteiger partial charge in [0, 0.05) is 37.9 Å². The van der Waals surface area contributed by atoms with Crippen LogP contribution in [0.25, 0.3) is 22.4 Å². The first-order valence-corrected chi connectivity index (χ1v) is 12.0. The summed E-state index contributed by atoms with van der Waals surface area (Å²) in [4.78, 5) is 35.9. The molecule has 184 valence electrons. The fourth-order valence-corrected chi connectivity index (χ4v) is 4.35. The number of anilines is 2. The van der Waals surface area contributed by atoms with Gasteiger partial charge in [-0.25, -0.2) is 24.7 Å². The number of para-hydroxylation sites is 2. The van der Waals surface area contributed by atoms with E-state index in [9.17, 15) is 4.79 Å². The Hall–Kier alpha value is -4.27. The smallest absolute Gasteiger partial charge is 0.343 e. The monoisotopic (exact) mass is 484 g/mol. The highest BCUT2D eigenvalue weighted by molar-refractivity contribution is 5.95. The number of hydrogen-bond acceptors (Lipinski definition) is 9. The van der Waals surface area contributed by atoms with Crippen LogP contribution in [0, 0.1) is 6.92 Å². The first kappa shape index (κ1) is 23.5. The first-order chi connectivity index (χ1) is 17.6. The van der Waals surface area contributed by atoms with Crippen LogP contribution in [0.3, 0.4) is 0 Å². The topological polar surface area (TPSA) is 93.6 Å². The lowest BCUT2D eigenvalue weighted by Gasteiger charge is -2.37. The van der Waals surface area contributed by atoms with Crippen LogP contribution in [0.15, 0.2) is 54.7 Å². The Balaban J connectivity index is 1.42. The summed E-state index contributed by atoms with van der Waals surface area (Å²) in [6, 6.07) is 15.4. The maximum absolute atomic E-state index is 12.7. The molecule has 1 aliphatic heterocycles. The molecule has 0 amide bonds. The molecule has 0 radical (unpaired) electrons. The molecule has 3 heterocycles. The van der Waals surface area contributed by atoms with Gasteiger partial charge in [-0.1, -0.05) is 12.1 Å². The Kier molecular flexibility index (Phi) is 6.62. The van der Waals surface area contributed by atoms with E-state index in [0.29, 0.717) is 30.3 Å². The molecule has 5 rings (SSSR count). The number of aromatic nitrogens is 4. The molecule has 9 heteroatoms. The molecule has 1 fully saturated rings. The number of aryl methyl sites for hydroxylation is 1. The summed E-state index contributed by atoms with van der Waals surface area (Å²) >= 11 is 0. The van der Waals surface area contributed by atoms with Gasteiger partial charge in [0.15, 0.2) is 11.6 Å². The molecule has 36 heavy (non-hydrogen) atoms. The van der Waals surface area contributed by atoms with E-state index in [1.165, 1.54) is 0 Å². The van der Waals surface area contributed by atoms with Crippen molar-refractivity contribution in [2.45, 2.75) is 13.8 Å². The average Bonchev–Trinajstić information content (AvgIpc) is 2.92. The second-order valence-electron chi connectivity index (χ2n) is 8.48.